The van der Waals surface area contributed by atoms with Crippen molar-refractivity contribution in [2.24, 2.45) is 5.73 Å². The van der Waals surface area contributed by atoms with Gasteiger partial charge in [0.1, 0.15) is 0 Å². The van der Waals surface area contributed by atoms with E-state index in [1.807, 2.05) is 12.3 Å². The number of thiophene rings is 1. The number of rotatable bonds is 3. The van der Waals surface area contributed by atoms with Crippen LogP contribution in [0, 0.1) is 6.92 Å². The Balaban J connectivity index is 2.33. The third-order valence-electron chi connectivity index (χ3n) is 2.03. The van der Waals surface area contributed by atoms with E-state index in [4.69, 9.17) is 21.8 Å². The van der Waals surface area contributed by atoms with Crippen molar-refractivity contribution in [3.63, 3.8) is 0 Å². The minimum absolute atomic E-state index is 0.539. The van der Waals surface area contributed by atoms with E-state index in [2.05, 4.69) is 4.98 Å². The van der Waals surface area contributed by atoms with Crippen LogP contribution in [0.1, 0.15) is 11.5 Å². The third kappa shape index (κ3) is 2.07. The summed E-state index contributed by atoms with van der Waals surface area (Å²) in [7, 11) is 0. The molecule has 0 spiro atoms. The first-order valence-corrected chi connectivity index (χ1v) is 5.87. The van der Waals surface area contributed by atoms with Gasteiger partial charge >= 0.3 is 0 Å². The standard InChI is InChI=1S/C10H11ClN2OS/c1-6-5-15-10(9(6)11)7-4-13-8(14-7)2-3-12/h4-5H,2-3,12H2,1H3. The van der Waals surface area contributed by atoms with E-state index in [1.54, 1.807) is 17.5 Å². The Morgan fingerprint density at radius 2 is 2.40 bits per heavy atom. The Kier molecular flexibility index (Phi) is 3.09. The van der Waals surface area contributed by atoms with E-state index in [0.717, 1.165) is 21.2 Å². The Morgan fingerprint density at radius 3 is 3.00 bits per heavy atom. The molecule has 0 amide bonds. The van der Waals surface area contributed by atoms with E-state index in [0.29, 0.717) is 18.9 Å². The summed E-state index contributed by atoms with van der Waals surface area (Å²) in [6.45, 7) is 2.51. The van der Waals surface area contributed by atoms with Gasteiger partial charge in [-0.3, -0.25) is 0 Å². The van der Waals surface area contributed by atoms with Crippen LogP contribution in [0.5, 0.6) is 0 Å². The summed E-state index contributed by atoms with van der Waals surface area (Å²) >= 11 is 7.69. The Bertz CT molecular complexity index is 464. The average Bonchev–Trinajstić information content (AvgIpc) is 2.77. The molecular formula is C10H11ClN2OS. The molecule has 0 bridgehead atoms. The molecule has 2 N–H and O–H groups in total. The molecule has 0 fully saturated rings. The highest BCUT2D eigenvalue weighted by atomic mass is 35.5. The van der Waals surface area contributed by atoms with Crippen LogP contribution < -0.4 is 5.73 Å². The van der Waals surface area contributed by atoms with Crippen molar-refractivity contribution in [2.45, 2.75) is 13.3 Å². The Morgan fingerprint density at radius 1 is 1.60 bits per heavy atom. The average molecular weight is 243 g/mol. The quantitative estimate of drug-likeness (QED) is 0.901. The fourth-order valence-corrected chi connectivity index (χ4v) is 2.48. The van der Waals surface area contributed by atoms with Gasteiger partial charge in [-0.05, 0) is 17.9 Å². The topological polar surface area (TPSA) is 52.0 Å². The summed E-state index contributed by atoms with van der Waals surface area (Å²) in [6, 6.07) is 0. The van der Waals surface area contributed by atoms with Crippen LogP contribution in [0.2, 0.25) is 5.02 Å². The van der Waals surface area contributed by atoms with Gasteiger partial charge < -0.3 is 10.2 Å². The second-order valence-electron chi connectivity index (χ2n) is 3.22. The number of nitrogens with zero attached hydrogens (tertiary/aromatic N) is 1. The Hall–Kier alpha value is -0.840. The highest BCUT2D eigenvalue weighted by Gasteiger charge is 2.13. The van der Waals surface area contributed by atoms with E-state index < -0.39 is 0 Å². The van der Waals surface area contributed by atoms with Crippen LogP contribution in [0.15, 0.2) is 16.0 Å². The van der Waals surface area contributed by atoms with Gasteiger partial charge in [0, 0.05) is 13.0 Å². The van der Waals surface area contributed by atoms with Crippen LogP contribution in [0.4, 0.5) is 0 Å². The molecule has 15 heavy (non-hydrogen) atoms. The summed E-state index contributed by atoms with van der Waals surface area (Å²) in [6.07, 6.45) is 2.35. The molecule has 2 aromatic rings. The second-order valence-corrected chi connectivity index (χ2v) is 4.48. The minimum atomic E-state index is 0.539. The van der Waals surface area contributed by atoms with Crippen molar-refractivity contribution in [3.05, 3.63) is 28.1 Å². The molecule has 0 radical (unpaired) electrons. The molecular weight excluding hydrogens is 232 g/mol. The SMILES string of the molecule is Cc1csc(-c2cnc(CCN)o2)c1Cl. The lowest BCUT2D eigenvalue weighted by molar-refractivity contribution is 0.509. The zero-order valence-electron chi connectivity index (χ0n) is 8.29. The molecule has 0 aliphatic heterocycles. The van der Waals surface area contributed by atoms with Crippen LogP contribution in [0.25, 0.3) is 10.6 Å². The van der Waals surface area contributed by atoms with E-state index in [-0.39, 0.29) is 0 Å². The van der Waals surface area contributed by atoms with Crippen LogP contribution in [-0.4, -0.2) is 11.5 Å². The lowest BCUT2D eigenvalue weighted by atomic mass is 10.3. The molecule has 0 aliphatic carbocycles. The molecule has 0 saturated carbocycles. The maximum atomic E-state index is 6.13. The number of halogens is 1. The summed E-state index contributed by atoms with van der Waals surface area (Å²) in [5.74, 6) is 1.39. The molecule has 2 heterocycles. The van der Waals surface area contributed by atoms with Crippen molar-refractivity contribution >= 4 is 22.9 Å². The molecule has 80 valence electrons. The van der Waals surface area contributed by atoms with Crippen molar-refractivity contribution < 1.29 is 4.42 Å². The predicted octanol–water partition coefficient (Wildman–Crippen LogP) is 2.87. The molecule has 0 saturated heterocycles. The largest absolute Gasteiger partial charge is 0.440 e. The minimum Gasteiger partial charge on any atom is -0.440 e. The molecule has 2 rings (SSSR count). The van der Waals surface area contributed by atoms with Gasteiger partial charge in [0.05, 0.1) is 16.1 Å². The normalized spacial score (nSPS) is 10.9. The summed E-state index contributed by atoms with van der Waals surface area (Å²) < 4.78 is 5.54. The molecule has 5 heteroatoms. The molecule has 0 atom stereocenters. The first-order chi connectivity index (χ1) is 7.22. The fourth-order valence-electron chi connectivity index (χ4n) is 1.25. The van der Waals surface area contributed by atoms with Gasteiger partial charge in [-0.15, -0.1) is 11.3 Å². The number of oxazole rings is 1. The van der Waals surface area contributed by atoms with Gasteiger partial charge in [0.15, 0.2) is 11.7 Å². The van der Waals surface area contributed by atoms with E-state index >= 15 is 0 Å². The van der Waals surface area contributed by atoms with Crippen LogP contribution >= 0.6 is 22.9 Å². The number of aryl methyl sites for hydroxylation is 1. The van der Waals surface area contributed by atoms with Gasteiger partial charge in [0.2, 0.25) is 0 Å². The summed E-state index contributed by atoms with van der Waals surface area (Å²) in [5.41, 5.74) is 6.48. The third-order valence-corrected chi connectivity index (χ3v) is 3.75. The van der Waals surface area contributed by atoms with Crippen molar-refractivity contribution in [1.29, 1.82) is 0 Å². The highest BCUT2D eigenvalue weighted by Crippen LogP contribution is 2.36. The summed E-state index contributed by atoms with van der Waals surface area (Å²) in [5, 5.41) is 2.75. The fraction of sp³-hybridized carbons (Fsp3) is 0.300. The lowest BCUT2D eigenvalue weighted by Crippen LogP contribution is -2.02. The first kappa shape index (κ1) is 10.7. The molecule has 0 aromatic carbocycles. The Labute approximate surface area is 96.9 Å². The zero-order valence-corrected chi connectivity index (χ0v) is 9.86. The molecule has 3 nitrogen and oxygen atoms in total. The number of aromatic nitrogens is 1. The predicted molar refractivity (Wildman–Crippen MR) is 62.3 cm³/mol. The molecule has 0 unspecified atom stereocenters. The second kappa shape index (κ2) is 4.35. The van der Waals surface area contributed by atoms with Gasteiger partial charge in [-0.25, -0.2) is 4.98 Å². The van der Waals surface area contributed by atoms with Crippen LogP contribution in [-0.2, 0) is 6.42 Å². The number of hydrogen-bond donors (Lipinski definition) is 1. The maximum absolute atomic E-state index is 6.13. The van der Waals surface area contributed by atoms with Crippen molar-refractivity contribution in [3.8, 4) is 10.6 Å². The number of nitrogens with two attached hydrogens (primary N) is 1. The monoisotopic (exact) mass is 242 g/mol. The molecule has 2 aromatic heterocycles. The highest BCUT2D eigenvalue weighted by molar-refractivity contribution is 7.14. The van der Waals surface area contributed by atoms with Crippen molar-refractivity contribution in [2.75, 3.05) is 6.54 Å². The first-order valence-electron chi connectivity index (χ1n) is 4.61. The molecule has 0 aliphatic rings. The maximum Gasteiger partial charge on any atom is 0.196 e. The zero-order chi connectivity index (χ0) is 10.8. The van der Waals surface area contributed by atoms with Crippen LogP contribution in [0.3, 0.4) is 0 Å². The van der Waals surface area contributed by atoms with Gasteiger partial charge in [0.25, 0.3) is 0 Å². The van der Waals surface area contributed by atoms with E-state index in [9.17, 15) is 0 Å². The smallest absolute Gasteiger partial charge is 0.196 e. The van der Waals surface area contributed by atoms with Gasteiger partial charge in [-0.1, -0.05) is 11.6 Å². The lowest BCUT2D eigenvalue weighted by Gasteiger charge is -1.93. The number of hydrogen-bond acceptors (Lipinski definition) is 4. The van der Waals surface area contributed by atoms with Crippen molar-refractivity contribution in [1.82, 2.24) is 4.98 Å². The van der Waals surface area contributed by atoms with Gasteiger partial charge in [-0.2, -0.15) is 0 Å². The van der Waals surface area contributed by atoms with E-state index in [1.165, 1.54) is 0 Å². The summed E-state index contributed by atoms with van der Waals surface area (Å²) in [4.78, 5) is 5.07.